The fraction of sp³-hybridized carbons (Fsp3) is 0.579. The lowest BCUT2D eigenvalue weighted by atomic mass is 9.99. The van der Waals surface area contributed by atoms with Gasteiger partial charge in [0.2, 0.25) is 0 Å². The Kier molecular flexibility index (Phi) is 7.88. The maximum absolute atomic E-state index is 6.61. The van der Waals surface area contributed by atoms with Gasteiger partial charge in [-0.1, -0.05) is 30.5 Å². The lowest BCUT2D eigenvalue weighted by Gasteiger charge is -2.35. The first-order valence-corrected chi connectivity index (χ1v) is 9.37. The first-order chi connectivity index (χ1) is 12.1. The van der Waals surface area contributed by atoms with Crippen molar-refractivity contribution in [2.75, 3.05) is 25.6 Å². The van der Waals surface area contributed by atoms with Crippen molar-refractivity contribution in [2.24, 2.45) is 15.7 Å². The highest BCUT2D eigenvalue weighted by molar-refractivity contribution is 6.31. The summed E-state index contributed by atoms with van der Waals surface area (Å²) >= 11 is 6.61. The van der Waals surface area contributed by atoms with Crippen LogP contribution in [0.2, 0.25) is 5.02 Å². The molecule has 138 valence electrons. The zero-order chi connectivity index (χ0) is 18.2. The zero-order valence-electron chi connectivity index (χ0n) is 15.3. The van der Waals surface area contributed by atoms with Gasteiger partial charge in [0, 0.05) is 42.5 Å². The maximum atomic E-state index is 6.61. The van der Waals surface area contributed by atoms with Crippen LogP contribution in [-0.2, 0) is 0 Å². The standard InChI is InChI=1S/C19H30ClN5/c1-14(24-13-21)11-19(23-3)25-10-6-4-5-7-18(25)16-9-8-15(22-2)12-17(16)20/h8-9,12,18-19,22H,3-7,10-11,13,21H2,1-2H3. The molecule has 6 heteroatoms. The Morgan fingerprint density at radius 1 is 1.44 bits per heavy atom. The quantitative estimate of drug-likeness (QED) is 0.717. The molecule has 0 saturated carbocycles. The van der Waals surface area contributed by atoms with E-state index >= 15 is 0 Å². The molecule has 0 amide bonds. The molecule has 1 aliphatic heterocycles. The second-order valence-corrected chi connectivity index (χ2v) is 6.94. The van der Waals surface area contributed by atoms with E-state index in [9.17, 15) is 0 Å². The number of rotatable bonds is 7. The smallest absolute Gasteiger partial charge is 0.107 e. The largest absolute Gasteiger partial charge is 0.388 e. The molecule has 2 unspecified atom stereocenters. The number of aliphatic imine (C=N–C) groups is 2. The minimum Gasteiger partial charge on any atom is -0.388 e. The fourth-order valence-electron chi connectivity index (χ4n) is 3.55. The molecular formula is C19H30ClN5. The van der Waals surface area contributed by atoms with Crippen LogP contribution in [0.1, 0.15) is 50.6 Å². The van der Waals surface area contributed by atoms with Crippen LogP contribution < -0.4 is 11.1 Å². The molecule has 5 nitrogen and oxygen atoms in total. The Hall–Kier alpha value is -1.43. The van der Waals surface area contributed by atoms with Gasteiger partial charge in [-0.2, -0.15) is 0 Å². The molecule has 1 aromatic carbocycles. The van der Waals surface area contributed by atoms with E-state index in [4.69, 9.17) is 17.3 Å². The predicted octanol–water partition coefficient (Wildman–Crippen LogP) is 4.09. The summed E-state index contributed by atoms with van der Waals surface area (Å²) in [5, 5.41) is 3.95. The van der Waals surface area contributed by atoms with Gasteiger partial charge in [0.15, 0.2) is 0 Å². The number of nitrogens with one attached hydrogen (secondary N) is 1. The van der Waals surface area contributed by atoms with Crippen molar-refractivity contribution in [3.05, 3.63) is 28.8 Å². The monoisotopic (exact) mass is 363 g/mol. The molecule has 2 rings (SSSR count). The van der Waals surface area contributed by atoms with Crippen LogP contribution in [0.4, 0.5) is 5.69 Å². The molecule has 25 heavy (non-hydrogen) atoms. The van der Waals surface area contributed by atoms with Gasteiger partial charge < -0.3 is 11.1 Å². The molecule has 0 aliphatic carbocycles. The summed E-state index contributed by atoms with van der Waals surface area (Å²) in [4.78, 5) is 11.2. The average Bonchev–Trinajstić information content (AvgIpc) is 2.85. The van der Waals surface area contributed by atoms with Crippen molar-refractivity contribution in [1.29, 1.82) is 0 Å². The summed E-state index contributed by atoms with van der Waals surface area (Å²) in [7, 11) is 1.90. The lowest BCUT2D eigenvalue weighted by molar-refractivity contribution is 0.144. The minimum atomic E-state index is -0.00144. The second-order valence-electron chi connectivity index (χ2n) is 6.53. The molecule has 1 aromatic rings. The van der Waals surface area contributed by atoms with Crippen molar-refractivity contribution < 1.29 is 0 Å². The number of likely N-dealkylation sites (tertiary alicyclic amines) is 1. The molecule has 1 aliphatic rings. The topological polar surface area (TPSA) is 66.0 Å². The van der Waals surface area contributed by atoms with Crippen LogP contribution in [0.3, 0.4) is 0 Å². The van der Waals surface area contributed by atoms with E-state index in [1.165, 1.54) is 24.8 Å². The fourth-order valence-corrected chi connectivity index (χ4v) is 3.85. The molecule has 1 heterocycles. The van der Waals surface area contributed by atoms with Crippen LogP contribution in [0, 0.1) is 0 Å². The van der Waals surface area contributed by atoms with Gasteiger partial charge in [-0.3, -0.25) is 14.9 Å². The van der Waals surface area contributed by atoms with E-state index < -0.39 is 0 Å². The van der Waals surface area contributed by atoms with Crippen LogP contribution >= 0.6 is 11.6 Å². The third kappa shape index (κ3) is 5.27. The highest BCUT2D eigenvalue weighted by atomic mass is 35.5. The van der Waals surface area contributed by atoms with Crippen LogP contribution in [0.15, 0.2) is 28.2 Å². The van der Waals surface area contributed by atoms with E-state index in [0.717, 1.165) is 35.8 Å². The summed E-state index contributed by atoms with van der Waals surface area (Å²) in [5.41, 5.74) is 8.76. The molecular weight excluding hydrogens is 334 g/mol. The summed E-state index contributed by atoms with van der Waals surface area (Å²) in [5.74, 6) is 0. The Morgan fingerprint density at radius 2 is 2.24 bits per heavy atom. The van der Waals surface area contributed by atoms with Gasteiger partial charge in [0.1, 0.15) is 6.17 Å². The van der Waals surface area contributed by atoms with Gasteiger partial charge in [-0.25, -0.2) is 0 Å². The predicted molar refractivity (Wildman–Crippen MR) is 109 cm³/mol. The van der Waals surface area contributed by atoms with Gasteiger partial charge in [0.25, 0.3) is 0 Å². The summed E-state index contributed by atoms with van der Waals surface area (Å²) < 4.78 is 0. The number of nitrogens with zero attached hydrogens (tertiary/aromatic N) is 3. The van der Waals surface area contributed by atoms with Crippen molar-refractivity contribution in [3.8, 4) is 0 Å². The van der Waals surface area contributed by atoms with E-state index in [0.29, 0.717) is 6.67 Å². The third-order valence-corrected chi connectivity index (χ3v) is 5.20. The van der Waals surface area contributed by atoms with Gasteiger partial charge >= 0.3 is 0 Å². The Balaban J connectivity index is 2.31. The lowest BCUT2D eigenvalue weighted by Crippen LogP contribution is -2.38. The van der Waals surface area contributed by atoms with Crippen molar-refractivity contribution in [2.45, 2.75) is 51.2 Å². The van der Waals surface area contributed by atoms with E-state index in [1.807, 2.05) is 20.0 Å². The average molecular weight is 364 g/mol. The number of nitrogens with two attached hydrogens (primary N) is 1. The van der Waals surface area contributed by atoms with Crippen LogP contribution in [-0.4, -0.2) is 43.8 Å². The first kappa shape index (κ1) is 19.9. The molecule has 3 N–H and O–H groups in total. The number of hydrogen-bond acceptors (Lipinski definition) is 5. The Morgan fingerprint density at radius 3 is 2.88 bits per heavy atom. The van der Waals surface area contributed by atoms with E-state index in [-0.39, 0.29) is 12.2 Å². The highest BCUT2D eigenvalue weighted by Gasteiger charge is 2.29. The summed E-state index contributed by atoms with van der Waals surface area (Å²) in [6.07, 6.45) is 5.44. The van der Waals surface area contributed by atoms with Gasteiger partial charge in [-0.15, -0.1) is 0 Å². The Bertz CT molecular complexity index is 601. The third-order valence-electron chi connectivity index (χ3n) is 4.88. The molecule has 0 bridgehead atoms. The molecule has 0 radical (unpaired) electrons. The molecule has 0 aromatic heterocycles. The number of halogens is 1. The summed E-state index contributed by atoms with van der Waals surface area (Å²) in [6.45, 7) is 7.15. The Labute approximate surface area is 156 Å². The zero-order valence-corrected chi connectivity index (χ0v) is 16.1. The first-order valence-electron chi connectivity index (χ1n) is 8.99. The number of benzene rings is 1. The minimum absolute atomic E-state index is 0.00144. The van der Waals surface area contributed by atoms with Gasteiger partial charge in [-0.05, 0) is 44.2 Å². The number of hydrogen-bond donors (Lipinski definition) is 2. The van der Waals surface area contributed by atoms with E-state index in [2.05, 4.69) is 39.1 Å². The van der Waals surface area contributed by atoms with Crippen molar-refractivity contribution >= 4 is 29.7 Å². The van der Waals surface area contributed by atoms with E-state index in [1.54, 1.807) is 0 Å². The molecule has 1 saturated heterocycles. The van der Waals surface area contributed by atoms with Crippen LogP contribution in [0.25, 0.3) is 0 Å². The van der Waals surface area contributed by atoms with Crippen LogP contribution in [0.5, 0.6) is 0 Å². The SMILES string of the molecule is C=NC(CC(C)=NCN)N1CCCCCC1c1ccc(NC)cc1Cl. The summed E-state index contributed by atoms with van der Waals surface area (Å²) in [6, 6.07) is 6.47. The van der Waals surface area contributed by atoms with Crippen molar-refractivity contribution in [3.63, 3.8) is 0 Å². The second kappa shape index (κ2) is 9.90. The highest BCUT2D eigenvalue weighted by Crippen LogP contribution is 2.37. The normalized spacial score (nSPS) is 20.8. The van der Waals surface area contributed by atoms with Crippen molar-refractivity contribution in [1.82, 2.24) is 4.90 Å². The maximum Gasteiger partial charge on any atom is 0.107 e. The molecule has 0 spiro atoms. The van der Waals surface area contributed by atoms with Gasteiger partial charge in [0.05, 0.1) is 6.67 Å². The molecule has 1 fully saturated rings. The number of anilines is 1. The molecule has 2 atom stereocenters.